The van der Waals surface area contributed by atoms with Gasteiger partial charge in [0.25, 0.3) is 11.4 Å². The molecule has 0 saturated carbocycles. The van der Waals surface area contributed by atoms with Gasteiger partial charge in [-0.05, 0) is 70.9 Å². The third-order valence-electron chi connectivity index (χ3n) is 8.78. The Kier molecular flexibility index (Phi) is 38.4. The molecule has 0 saturated heterocycles. The molecule has 314 valence electrons. The SMILES string of the molecule is CCCCCCCCCOP(=S)(OCCCCCCCCC)SSc1nnc(SSP(=S)(OCCCCCCCCC)OCCCCCCCCC)s1. The first-order valence-corrected chi connectivity index (χ1v) is 32.8. The smallest absolute Gasteiger partial charge is 0.258 e. The van der Waals surface area contributed by atoms with Crippen LogP contribution >= 0.6 is 65.1 Å². The predicted octanol–water partition coefficient (Wildman–Crippen LogP) is 17.5. The predicted molar refractivity (Wildman–Crippen MR) is 251 cm³/mol. The summed E-state index contributed by atoms with van der Waals surface area (Å²) in [5.41, 5.74) is -5.03. The molecule has 6 nitrogen and oxygen atoms in total. The summed E-state index contributed by atoms with van der Waals surface area (Å²) >= 11 is 13.7. The van der Waals surface area contributed by atoms with Crippen LogP contribution in [0.25, 0.3) is 0 Å². The van der Waals surface area contributed by atoms with Crippen LogP contribution in [-0.4, -0.2) is 36.6 Å². The summed E-state index contributed by atoms with van der Waals surface area (Å²) in [4.78, 5) is 0. The second-order valence-electron chi connectivity index (χ2n) is 13.9. The number of rotatable bonds is 42. The van der Waals surface area contributed by atoms with Gasteiger partial charge in [-0.3, -0.25) is 0 Å². The zero-order chi connectivity index (χ0) is 38.6. The molecule has 53 heavy (non-hydrogen) atoms. The molecule has 1 aromatic rings. The summed E-state index contributed by atoms with van der Waals surface area (Å²) in [7, 11) is 6.16. The Morgan fingerprint density at radius 1 is 0.396 bits per heavy atom. The summed E-state index contributed by atoms with van der Waals surface area (Å²) in [6.45, 7) is 11.7. The van der Waals surface area contributed by atoms with Gasteiger partial charge in [-0.2, -0.15) is 0 Å². The lowest BCUT2D eigenvalue weighted by molar-refractivity contribution is 0.249. The number of unbranched alkanes of at least 4 members (excludes halogenated alkanes) is 24. The van der Waals surface area contributed by atoms with E-state index in [0.717, 1.165) is 34.4 Å². The monoisotopic (exact) mass is 910 g/mol. The average Bonchev–Trinajstić information content (AvgIpc) is 3.62. The van der Waals surface area contributed by atoms with Crippen molar-refractivity contribution < 1.29 is 18.1 Å². The number of aromatic nitrogens is 2. The molecular weight excluding hydrogens is 835 g/mol. The van der Waals surface area contributed by atoms with Crippen molar-refractivity contribution in [3.8, 4) is 0 Å². The van der Waals surface area contributed by atoms with Crippen LogP contribution < -0.4 is 0 Å². The van der Waals surface area contributed by atoms with E-state index in [9.17, 15) is 0 Å². The minimum absolute atomic E-state index is 0.659. The number of hydrogen-bond acceptors (Lipinski definition) is 13. The van der Waals surface area contributed by atoms with Gasteiger partial charge < -0.3 is 18.1 Å². The highest BCUT2D eigenvalue weighted by atomic mass is 33.4. The second kappa shape index (κ2) is 38.3. The summed E-state index contributed by atoms with van der Waals surface area (Å²) in [6, 6.07) is 0. The molecule has 1 aromatic heterocycles. The van der Waals surface area contributed by atoms with Crippen molar-refractivity contribution in [3.63, 3.8) is 0 Å². The van der Waals surface area contributed by atoms with Crippen LogP contribution in [0.15, 0.2) is 8.68 Å². The Balaban J connectivity index is 2.66. The van der Waals surface area contributed by atoms with Crippen LogP contribution in [0.2, 0.25) is 0 Å². The van der Waals surface area contributed by atoms with E-state index in [0.29, 0.717) is 26.4 Å². The van der Waals surface area contributed by atoms with Crippen molar-refractivity contribution in [1.29, 1.82) is 0 Å². The number of nitrogens with zero attached hydrogens (tertiary/aromatic N) is 2. The van der Waals surface area contributed by atoms with Crippen LogP contribution in [0, 0.1) is 0 Å². The molecule has 0 aliphatic rings. The molecule has 0 spiro atoms. The molecule has 15 heteroatoms. The molecule has 0 bridgehead atoms. The zero-order valence-corrected chi connectivity index (χ0v) is 41.4. The fraction of sp³-hybridized carbons (Fsp3) is 0.947. The van der Waals surface area contributed by atoms with Crippen LogP contribution in [0.5, 0.6) is 0 Å². The fourth-order valence-corrected chi connectivity index (χ4v) is 20.6. The van der Waals surface area contributed by atoms with Crippen molar-refractivity contribution in [1.82, 2.24) is 10.2 Å². The van der Waals surface area contributed by atoms with E-state index < -0.39 is 11.4 Å². The molecule has 0 atom stereocenters. The highest BCUT2D eigenvalue weighted by molar-refractivity contribution is 9.03. The van der Waals surface area contributed by atoms with Gasteiger partial charge in [0, 0.05) is 20.8 Å². The molecule has 0 aromatic carbocycles. The Hall–Kier alpha value is 2.10. The van der Waals surface area contributed by atoms with Crippen molar-refractivity contribution in [2.24, 2.45) is 0 Å². The molecule has 0 fully saturated rings. The van der Waals surface area contributed by atoms with Crippen LogP contribution in [-0.2, 0) is 41.7 Å². The molecular formula is C38H76N2O4P2S7. The van der Waals surface area contributed by atoms with Gasteiger partial charge in [0.15, 0.2) is 8.68 Å². The highest BCUT2D eigenvalue weighted by Crippen LogP contribution is 2.69. The van der Waals surface area contributed by atoms with E-state index in [2.05, 4.69) is 37.9 Å². The number of hydrogen-bond donors (Lipinski definition) is 0. The van der Waals surface area contributed by atoms with Crippen molar-refractivity contribution in [2.45, 2.75) is 216 Å². The highest BCUT2D eigenvalue weighted by Gasteiger charge is 2.25. The molecule has 0 radical (unpaired) electrons. The summed E-state index contributed by atoms with van der Waals surface area (Å²) in [5.74, 6) is 0. The van der Waals surface area contributed by atoms with Gasteiger partial charge in [-0.1, -0.05) is 193 Å². The lowest BCUT2D eigenvalue weighted by Crippen LogP contribution is -1.97. The van der Waals surface area contributed by atoms with Crippen LogP contribution in [0.4, 0.5) is 0 Å². The van der Waals surface area contributed by atoms with Crippen molar-refractivity contribution in [3.05, 3.63) is 0 Å². The lowest BCUT2D eigenvalue weighted by atomic mass is 10.1. The third kappa shape index (κ3) is 32.6. The van der Waals surface area contributed by atoms with Crippen LogP contribution in [0.3, 0.4) is 0 Å². The largest absolute Gasteiger partial charge is 0.321 e. The first kappa shape index (κ1) is 53.1. The van der Waals surface area contributed by atoms with E-state index in [4.69, 9.17) is 41.7 Å². The molecule has 1 heterocycles. The van der Waals surface area contributed by atoms with Gasteiger partial charge in [0.1, 0.15) is 0 Å². The van der Waals surface area contributed by atoms with E-state index >= 15 is 0 Å². The molecule has 0 aliphatic carbocycles. The first-order chi connectivity index (χ1) is 25.9. The van der Waals surface area contributed by atoms with Gasteiger partial charge in [-0.15, -0.1) is 10.2 Å². The zero-order valence-electron chi connectivity index (χ0n) is 33.9. The Labute approximate surface area is 356 Å². The minimum atomic E-state index is -2.52. The first-order valence-electron chi connectivity index (χ1n) is 21.2. The third-order valence-corrected chi connectivity index (χ3v) is 26.8. The van der Waals surface area contributed by atoms with E-state index in [-0.39, 0.29) is 0 Å². The topological polar surface area (TPSA) is 62.7 Å². The maximum Gasteiger partial charge on any atom is 0.258 e. The van der Waals surface area contributed by atoms with Crippen LogP contribution in [0.1, 0.15) is 207 Å². The van der Waals surface area contributed by atoms with Gasteiger partial charge in [0.05, 0.1) is 26.4 Å². The van der Waals surface area contributed by atoms with E-state index in [1.165, 1.54) is 175 Å². The standard InChI is InChI=1S/C38H76N2O4P2S7/c1-5-9-13-17-21-25-29-33-41-45(47,42-34-30-26-22-18-14-10-6-2)52-50-37-39-40-38(49-37)51-53-46(48,43-35-31-27-23-19-15-11-7-3)44-36-32-28-24-20-16-12-8-4/h5-36H2,1-4H3. The maximum atomic E-state index is 6.35. The van der Waals surface area contributed by atoms with Crippen molar-refractivity contribution >= 4 is 88.8 Å². The normalized spacial score (nSPS) is 12.3. The van der Waals surface area contributed by atoms with Gasteiger partial charge in [-0.25, -0.2) is 0 Å². The molecule has 0 amide bonds. The minimum Gasteiger partial charge on any atom is -0.321 e. The summed E-state index contributed by atoms with van der Waals surface area (Å²) < 4.78 is 27.1. The Bertz CT molecular complexity index is 920. The maximum absolute atomic E-state index is 6.35. The Morgan fingerprint density at radius 2 is 0.623 bits per heavy atom. The molecule has 0 N–H and O–H groups in total. The fourth-order valence-electron chi connectivity index (χ4n) is 5.52. The lowest BCUT2D eigenvalue weighted by Gasteiger charge is -2.20. The van der Waals surface area contributed by atoms with Crippen molar-refractivity contribution in [2.75, 3.05) is 26.4 Å². The molecule has 1 rings (SSSR count). The van der Waals surface area contributed by atoms with E-state index in [1.807, 2.05) is 0 Å². The van der Waals surface area contributed by atoms with Gasteiger partial charge in [0.2, 0.25) is 0 Å². The van der Waals surface area contributed by atoms with E-state index in [1.54, 1.807) is 32.9 Å². The summed E-state index contributed by atoms with van der Waals surface area (Å²) in [6.07, 6.45) is 34.9. The Morgan fingerprint density at radius 3 is 0.868 bits per heavy atom. The van der Waals surface area contributed by atoms with Gasteiger partial charge >= 0.3 is 0 Å². The summed E-state index contributed by atoms with van der Waals surface area (Å²) in [5, 5.41) is 8.96. The quantitative estimate of drug-likeness (QED) is 0.0357. The second-order valence-corrected chi connectivity index (χ2v) is 31.3. The molecule has 0 aliphatic heterocycles. The molecule has 0 unspecified atom stereocenters. The average molecular weight is 911 g/mol.